The maximum atomic E-state index is 3.21. The number of hydrogen-bond donors (Lipinski definition) is 0. The van der Waals surface area contributed by atoms with Gasteiger partial charge < -0.3 is 0 Å². The van der Waals surface area contributed by atoms with Crippen molar-refractivity contribution in [1.82, 2.24) is 0 Å². The van der Waals surface area contributed by atoms with Crippen LogP contribution in [0.1, 0.15) is 11.1 Å². The molecular formula is C17H14Si. The van der Waals surface area contributed by atoms with Crippen LogP contribution in [0.25, 0.3) is 0 Å². The van der Waals surface area contributed by atoms with Gasteiger partial charge in [-0.2, -0.15) is 0 Å². The van der Waals surface area contributed by atoms with Gasteiger partial charge in [0, 0.05) is 21.4 Å². The van der Waals surface area contributed by atoms with E-state index in [2.05, 4.69) is 23.7 Å². The molecular weight excluding hydrogens is 232 g/mol. The second kappa shape index (κ2) is 6.50. The largest absolute Gasteiger partial charge is 0.0859 e. The minimum absolute atomic E-state index is 0.213. The molecule has 0 aliphatic carbocycles. The van der Waals surface area contributed by atoms with Gasteiger partial charge in [-0.15, -0.1) is 0 Å². The van der Waals surface area contributed by atoms with Gasteiger partial charge in [0.15, 0.2) is 0 Å². The van der Waals surface area contributed by atoms with E-state index in [-0.39, 0.29) is 5.54 Å². The Kier molecular flexibility index (Phi) is 4.42. The van der Waals surface area contributed by atoms with Crippen LogP contribution in [-0.2, 0) is 0 Å². The first-order valence-corrected chi connectivity index (χ1v) is 7.13. The monoisotopic (exact) mass is 246 g/mol. The zero-order valence-electron chi connectivity index (χ0n) is 10.4. The van der Waals surface area contributed by atoms with Crippen LogP contribution < -0.4 is 0 Å². The van der Waals surface area contributed by atoms with Crippen molar-refractivity contribution in [2.75, 3.05) is 0 Å². The summed E-state index contributed by atoms with van der Waals surface area (Å²) in [6.45, 7) is 0. The number of rotatable bonds is 0. The van der Waals surface area contributed by atoms with Crippen LogP contribution in [0.5, 0.6) is 0 Å². The van der Waals surface area contributed by atoms with Gasteiger partial charge in [-0.05, 0) is 24.3 Å². The Morgan fingerprint density at radius 3 is 1.44 bits per heavy atom. The third kappa shape index (κ3) is 3.98. The van der Waals surface area contributed by atoms with Crippen molar-refractivity contribution < 1.29 is 0 Å². The summed E-state index contributed by atoms with van der Waals surface area (Å²) in [6.07, 6.45) is 0. The topological polar surface area (TPSA) is 0 Å². The summed E-state index contributed by atoms with van der Waals surface area (Å²) in [4.78, 5) is 0. The average molecular weight is 246 g/mol. The van der Waals surface area contributed by atoms with Crippen LogP contribution in [0, 0.1) is 23.7 Å². The SMILES string of the molecule is [SiH3]C(C#Cc1ccccc1)C#Cc1ccccc1. The lowest BCUT2D eigenvalue weighted by atomic mass is 10.2. The third-order valence-electron chi connectivity index (χ3n) is 2.41. The first-order valence-electron chi connectivity index (χ1n) is 5.98. The molecule has 0 fully saturated rings. The van der Waals surface area contributed by atoms with E-state index in [0.717, 1.165) is 21.4 Å². The summed E-state index contributed by atoms with van der Waals surface area (Å²) in [5, 5.41) is 0. The normalized spacial score (nSPS) is 9.17. The van der Waals surface area contributed by atoms with E-state index >= 15 is 0 Å². The van der Waals surface area contributed by atoms with Crippen LogP contribution in [0.15, 0.2) is 60.7 Å². The van der Waals surface area contributed by atoms with Gasteiger partial charge in [-0.25, -0.2) is 0 Å². The molecule has 0 aliphatic rings. The highest BCUT2D eigenvalue weighted by molar-refractivity contribution is 6.16. The average Bonchev–Trinajstić information content (AvgIpc) is 2.45. The van der Waals surface area contributed by atoms with Gasteiger partial charge in [0.2, 0.25) is 0 Å². The molecule has 0 unspecified atom stereocenters. The first-order chi connectivity index (χ1) is 8.84. The van der Waals surface area contributed by atoms with Crippen molar-refractivity contribution in [3.63, 3.8) is 0 Å². The maximum absolute atomic E-state index is 3.21. The predicted octanol–water partition coefficient (Wildman–Crippen LogP) is 2.24. The second-order valence-electron chi connectivity index (χ2n) is 3.99. The fourth-order valence-corrected chi connectivity index (χ4v) is 1.75. The second-order valence-corrected chi connectivity index (χ2v) is 5.15. The molecule has 0 nitrogen and oxygen atoms in total. The molecule has 0 saturated heterocycles. The highest BCUT2D eigenvalue weighted by atomic mass is 28.1. The zero-order valence-corrected chi connectivity index (χ0v) is 12.4. The van der Waals surface area contributed by atoms with E-state index in [1.54, 1.807) is 0 Å². The summed E-state index contributed by atoms with van der Waals surface area (Å²) in [5.41, 5.74) is 2.32. The Hall–Kier alpha value is -2.22. The molecule has 2 aromatic rings. The fraction of sp³-hybridized carbons (Fsp3) is 0.0588. The van der Waals surface area contributed by atoms with Crippen molar-refractivity contribution in [3.05, 3.63) is 71.8 Å². The van der Waals surface area contributed by atoms with Crippen molar-refractivity contribution in [3.8, 4) is 23.7 Å². The maximum Gasteiger partial charge on any atom is 0.0631 e. The van der Waals surface area contributed by atoms with Gasteiger partial charge >= 0.3 is 0 Å². The molecule has 0 saturated carbocycles. The predicted molar refractivity (Wildman–Crippen MR) is 80.3 cm³/mol. The summed E-state index contributed by atoms with van der Waals surface area (Å²) in [6, 6.07) is 20.1. The molecule has 1 heteroatoms. The van der Waals surface area contributed by atoms with Gasteiger partial charge in [-0.1, -0.05) is 60.1 Å². The van der Waals surface area contributed by atoms with Crippen molar-refractivity contribution >= 4 is 10.2 Å². The van der Waals surface area contributed by atoms with Gasteiger partial charge in [-0.3, -0.25) is 0 Å². The number of hydrogen-bond acceptors (Lipinski definition) is 0. The Bertz CT molecular complexity index is 549. The molecule has 18 heavy (non-hydrogen) atoms. The lowest BCUT2D eigenvalue weighted by Gasteiger charge is -1.91. The molecule has 86 valence electrons. The van der Waals surface area contributed by atoms with Gasteiger partial charge in [0.25, 0.3) is 0 Å². The summed E-state index contributed by atoms with van der Waals surface area (Å²) in [5.74, 6) is 12.7. The number of benzene rings is 2. The van der Waals surface area contributed by atoms with E-state index in [1.165, 1.54) is 0 Å². The van der Waals surface area contributed by atoms with E-state index < -0.39 is 0 Å². The highest BCUT2D eigenvalue weighted by Gasteiger charge is 1.89. The molecule has 0 amide bonds. The standard InChI is InChI=1S/C17H14Si/c18-17(13-11-15-7-3-1-4-8-15)14-12-16-9-5-2-6-10-16/h1-10,17H,18H3. The molecule has 0 aromatic heterocycles. The van der Waals surface area contributed by atoms with Crippen molar-refractivity contribution in [2.45, 2.75) is 5.54 Å². The molecule has 0 radical (unpaired) electrons. The Morgan fingerprint density at radius 1 is 0.667 bits per heavy atom. The summed E-state index contributed by atoms with van der Waals surface area (Å²) in [7, 11) is 0.963. The molecule has 0 atom stereocenters. The molecule has 2 rings (SSSR count). The van der Waals surface area contributed by atoms with Crippen molar-refractivity contribution in [1.29, 1.82) is 0 Å². The van der Waals surface area contributed by atoms with Crippen LogP contribution in [0.3, 0.4) is 0 Å². The van der Waals surface area contributed by atoms with E-state index in [9.17, 15) is 0 Å². The van der Waals surface area contributed by atoms with Gasteiger partial charge in [0.05, 0.1) is 5.54 Å². The van der Waals surface area contributed by atoms with Crippen LogP contribution in [0.2, 0.25) is 5.54 Å². The third-order valence-corrected chi connectivity index (χ3v) is 2.99. The van der Waals surface area contributed by atoms with Crippen molar-refractivity contribution in [2.24, 2.45) is 0 Å². The molecule has 0 bridgehead atoms. The van der Waals surface area contributed by atoms with E-state index in [4.69, 9.17) is 0 Å². The molecule has 0 spiro atoms. The highest BCUT2D eigenvalue weighted by Crippen LogP contribution is 2.00. The van der Waals surface area contributed by atoms with Gasteiger partial charge in [0.1, 0.15) is 0 Å². The van der Waals surface area contributed by atoms with Crippen LogP contribution in [0.4, 0.5) is 0 Å². The fourth-order valence-electron chi connectivity index (χ4n) is 1.46. The molecule has 0 heterocycles. The quantitative estimate of drug-likeness (QED) is 0.494. The van der Waals surface area contributed by atoms with E-state index in [0.29, 0.717) is 0 Å². The van der Waals surface area contributed by atoms with E-state index in [1.807, 2.05) is 60.7 Å². The van der Waals surface area contributed by atoms with Crippen LogP contribution in [-0.4, -0.2) is 10.2 Å². The molecule has 0 aliphatic heterocycles. The zero-order chi connectivity index (χ0) is 12.6. The Labute approximate surface area is 111 Å². The lowest BCUT2D eigenvalue weighted by molar-refractivity contribution is 1.51. The lowest BCUT2D eigenvalue weighted by Crippen LogP contribution is -1.83. The minimum Gasteiger partial charge on any atom is -0.0859 e. The Balaban J connectivity index is 2.04. The summed E-state index contributed by atoms with van der Waals surface area (Å²) >= 11 is 0. The molecule has 2 aromatic carbocycles. The first kappa shape index (κ1) is 12.2. The minimum atomic E-state index is 0.213. The smallest absolute Gasteiger partial charge is 0.0631 e. The van der Waals surface area contributed by atoms with Crippen LogP contribution >= 0.6 is 0 Å². The summed E-state index contributed by atoms with van der Waals surface area (Å²) < 4.78 is 0. The molecule has 0 N–H and O–H groups in total. The Morgan fingerprint density at radius 2 is 1.06 bits per heavy atom.